The normalized spacial score (nSPS) is 31.5. The Morgan fingerprint density at radius 3 is 2.44 bits per heavy atom. The van der Waals surface area contributed by atoms with Gasteiger partial charge in [-0.3, -0.25) is 9.79 Å². The molecular weight excluding hydrogens is 550 g/mol. The third kappa shape index (κ3) is 8.66. The first-order valence-electron chi connectivity index (χ1n) is 17.7. The molecule has 0 aromatic heterocycles. The van der Waals surface area contributed by atoms with Gasteiger partial charge in [-0.1, -0.05) is 88.1 Å². The number of hydrogen-bond acceptors (Lipinski definition) is 3. The van der Waals surface area contributed by atoms with E-state index in [1.54, 1.807) is 13.3 Å². The number of ketones is 1. The zero-order chi connectivity index (χ0) is 32.6. The lowest BCUT2D eigenvalue weighted by atomic mass is 9.75. The van der Waals surface area contributed by atoms with Crippen molar-refractivity contribution in [3.63, 3.8) is 0 Å². The molecule has 0 radical (unpaired) electrons. The van der Waals surface area contributed by atoms with Crippen LogP contribution in [-0.2, 0) is 16.0 Å². The molecule has 1 aromatic carbocycles. The van der Waals surface area contributed by atoms with Gasteiger partial charge in [0, 0.05) is 37.5 Å². The predicted molar refractivity (Wildman–Crippen MR) is 193 cm³/mol. The van der Waals surface area contributed by atoms with E-state index in [1.165, 1.54) is 79.4 Å². The Morgan fingerprint density at radius 1 is 1.13 bits per heavy atom. The highest BCUT2D eigenvalue weighted by Crippen LogP contribution is 2.62. The van der Waals surface area contributed by atoms with Crippen molar-refractivity contribution in [2.45, 2.75) is 105 Å². The van der Waals surface area contributed by atoms with Crippen LogP contribution < -0.4 is 0 Å². The summed E-state index contributed by atoms with van der Waals surface area (Å²) in [4.78, 5) is 17.7. The number of carbonyl (C=O) groups is 1. The Labute approximate surface area is 276 Å². The molecule has 0 aliphatic heterocycles. The van der Waals surface area contributed by atoms with Crippen molar-refractivity contribution in [1.82, 2.24) is 0 Å². The van der Waals surface area contributed by atoms with Gasteiger partial charge in [0.25, 0.3) is 0 Å². The third-order valence-electron chi connectivity index (χ3n) is 11.0. The number of Topliss-reactive ketones (excluding diaryl/α,β-unsaturated/α-hetero) is 1. The second kappa shape index (κ2) is 16.1. The highest BCUT2D eigenvalue weighted by molar-refractivity contribution is 6.03. The van der Waals surface area contributed by atoms with Gasteiger partial charge in [0.05, 0.1) is 12.5 Å². The summed E-state index contributed by atoms with van der Waals surface area (Å²) in [6.45, 7) is 19.1. The number of aliphatic imine (C=N–C) groups is 1. The number of allylic oxidation sites excluding steroid dienone is 7. The Kier molecular flexibility index (Phi) is 12.5. The van der Waals surface area contributed by atoms with Crippen molar-refractivity contribution in [1.29, 1.82) is 0 Å². The number of benzene rings is 1. The minimum Gasteiger partial charge on any atom is -0.500 e. The minimum atomic E-state index is -0.230. The van der Waals surface area contributed by atoms with Crippen LogP contribution in [0.25, 0.3) is 0 Å². The smallest absolute Gasteiger partial charge is 0.143 e. The maximum absolute atomic E-state index is 13.0. The summed E-state index contributed by atoms with van der Waals surface area (Å²) in [5.74, 6) is 4.85. The number of nitrogens with zero attached hydrogens (tertiary/aromatic N) is 1. The summed E-state index contributed by atoms with van der Waals surface area (Å²) in [7, 11) is 1.74. The van der Waals surface area contributed by atoms with Gasteiger partial charge in [0.1, 0.15) is 11.5 Å². The van der Waals surface area contributed by atoms with Crippen LogP contribution in [0.5, 0.6) is 0 Å². The fourth-order valence-corrected chi connectivity index (χ4v) is 8.24. The first kappa shape index (κ1) is 34.9. The lowest BCUT2D eigenvalue weighted by Crippen LogP contribution is -2.25. The fourth-order valence-electron chi connectivity index (χ4n) is 8.24. The summed E-state index contributed by atoms with van der Waals surface area (Å²) in [5, 5.41) is 0. The Morgan fingerprint density at radius 2 is 1.82 bits per heavy atom. The molecule has 1 aromatic rings. The second-order valence-corrected chi connectivity index (χ2v) is 14.6. The fraction of sp³-hybridized carbons (Fsp3) is 0.571. The number of hydrogen-bond donors (Lipinski definition) is 0. The van der Waals surface area contributed by atoms with Crippen molar-refractivity contribution in [2.75, 3.05) is 7.11 Å². The van der Waals surface area contributed by atoms with Gasteiger partial charge >= 0.3 is 0 Å². The van der Waals surface area contributed by atoms with E-state index >= 15 is 0 Å². The summed E-state index contributed by atoms with van der Waals surface area (Å²) >= 11 is 0. The average Bonchev–Trinajstić information content (AvgIpc) is 3.78. The molecule has 0 bridgehead atoms. The highest BCUT2D eigenvalue weighted by Gasteiger charge is 2.61. The van der Waals surface area contributed by atoms with Crippen LogP contribution in [0.15, 0.2) is 95.4 Å². The third-order valence-corrected chi connectivity index (χ3v) is 11.0. The zero-order valence-corrected chi connectivity index (χ0v) is 29.1. The molecule has 4 atom stereocenters. The van der Waals surface area contributed by atoms with Crippen LogP contribution in [0.3, 0.4) is 0 Å². The summed E-state index contributed by atoms with van der Waals surface area (Å²) in [6.07, 6.45) is 20.8. The van der Waals surface area contributed by atoms with Gasteiger partial charge < -0.3 is 4.74 Å². The van der Waals surface area contributed by atoms with Crippen LogP contribution in [0.2, 0.25) is 0 Å². The average molecular weight is 612 g/mol. The van der Waals surface area contributed by atoms with Crippen LogP contribution in [0, 0.1) is 40.9 Å². The van der Waals surface area contributed by atoms with Gasteiger partial charge in [-0.05, 0) is 113 Å². The van der Waals surface area contributed by atoms with Crippen molar-refractivity contribution < 1.29 is 11.0 Å². The van der Waals surface area contributed by atoms with E-state index in [-0.39, 0.29) is 6.84 Å². The van der Waals surface area contributed by atoms with Crippen LogP contribution >= 0.6 is 0 Å². The monoisotopic (exact) mass is 611 g/mol. The molecule has 0 spiro atoms. The minimum absolute atomic E-state index is 0. The van der Waals surface area contributed by atoms with Gasteiger partial charge in [0.2, 0.25) is 0 Å². The maximum atomic E-state index is 13.0. The van der Waals surface area contributed by atoms with Gasteiger partial charge in [-0.25, -0.2) is 0 Å². The number of fused-ring (bicyclic) bond motifs is 1. The predicted octanol–water partition coefficient (Wildman–Crippen LogP) is 11.3. The molecule has 0 heterocycles. The van der Waals surface area contributed by atoms with Crippen molar-refractivity contribution >= 4 is 11.5 Å². The summed E-state index contributed by atoms with van der Waals surface area (Å²) < 4.78 is 5.57. The van der Waals surface area contributed by atoms with Crippen LogP contribution in [-0.4, -0.2) is 18.6 Å². The molecule has 3 heteroatoms. The van der Waals surface area contributed by atoms with E-state index < -0.39 is 0 Å². The van der Waals surface area contributed by atoms with Crippen LogP contribution in [0.1, 0.15) is 106 Å². The van der Waals surface area contributed by atoms with E-state index in [2.05, 4.69) is 101 Å². The molecule has 0 amide bonds. The number of carbonyl (C=O) groups excluding carboxylic acids is 1. The van der Waals surface area contributed by atoms with Crippen molar-refractivity contribution in [2.24, 2.45) is 45.9 Å². The Balaban J connectivity index is 0.000000258. The lowest BCUT2D eigenvalue weighted by Gasteiger charge is -2.30. The Bertz CT molecular complexity index is 1310. The molecule has 4 unspecified atom stereocenters. The van der Waals surface area contributed by atoms with Gasteiger partial charge in [-0.2, -0.15) is 0 Å². The number of ether oxygens (including phenoxy) is 1. The van der Waals surface area contributed by atoms with Gasteiger partial charge in [0.15, 0.2) is 0 Å². The topological polar surface area (TPSA) is 38.7 Å². The SMILES string of the molecule is C=CN=C1/C(=C\C)C(C)C(=C)CCCC1CC(C)C.COC1=C(C)C=CC2(C(=O)CC3CCC(Cc4ccccc4)CC3)CC12.[HH]. The molecule has 3 saturated carbocycles. The lowest BCUT2D eigenvalue weighted by molar-refractivity contribution is -0.124. The van der Waals surface area contributed by atoms with E-state index in [0.29, 0.717) is 35.4 Å². The van der Waals surface area contributed by atoms with Crippen LogP contribution in [0.4, 0.5) is 0 Å². The first-order chi connectivity index (χ1) is 21.6. The molecule has 246 valence electrons. The quantitative estimate of drug-likeness (QED) is 0.261. The largest absolute Gasteiger partial charge is 0.500 e. The zero-order valence-electron chi connectivity index (χ0n) is 29.1. The molecule has 3 fully saturated rings. The molecular formula is C42H61NO2. The maximum Gasteiger partial charge on any atom is 0.143 e. The molecule has 0 N–H and O–H groups in total. The number of methoxy groups -OCH3 is 1. The number of rotatable bonds is 9. The molecule has 0 saturated heterocycles. The van der Waals surface area contributed by atoms with E-state index in [9.17, 15) is 4.79 Å². The van der Waals surface area contributed by atoms with Gasteiger partial charge in [-0.15, -0.1) is 0 Å². The Hall–Kier alpha value is -2.94. The molecule has 45 heavy (non-hydrogen) atoms. The standard InChI is InChI=1S/C24H30O2.C18H29N.H2/c1-17-12-13-24(16-21(24)23(17)26-2)22(25)15-20-10-8-19(9-11-20)14-18-6-4-3-5-7-18;1-7-17-15(6)14(5)10-9-11-16(12-13(3)4)18(17)19-8-2;/h3-7,12-13,19-21H,8-11,14-16H2,1-2H3;7-8,13,15-16H,2,5,9-12H2,1,3-4,6H3;1H/b;17-7-,19-18?;. The molecule has 3 nitrogen and oxygen atoms in total. The second-order valence-electron chi connectivity index (χ2n) is 14.6. The molecule has 4 aliphatic carbocycles. The molecule has 5 rings (SSSR count). The van der Waals surface area contributed by atoms with Crippen molar-refractivity contribution in [3.05, 3.63) is 96.0 Å². The highest BCUT2D eigenvalue weighted by atomic mass is 16.5. The summed E-state index contributed by atoms with van der Waals surface area (Å²) in [6, 6.07) is 10.8. The first-order valence-corrected chi connectivity index (χ1v) is 17.7. The van der Waals surface area contributed by atoms with Crippen molar-refractivity contribution in [3.8, 4) is 0 Å². The molecule has 4 aliphatic rings. The van der Waals surface area contributed by atoms with E-state index in [1.807, 2.05) is 0 Å². The van der Waals surface area contributed by atoms with E-state index in [4.69, 9.17) is 4.74 Å². The van der Waals surface area contributed by atoms with E-state index in [0.717, 1.165) is 30.9 Å². The summed E-state index contributed by atoms with van der Waals surface area (Å²) in [5.41, 5.74) is 6.35.